The van der Waals surface area contributed by atoms with Crippen LogP contribution in [0.2, 0.25) is 0 Å². The summed E-state index contributed by atoms with van der Waals surface area (Å²) in [6, 6.07) is 0. The molecular formula is C8H12ClN. The highest BCUT2D eigenvalue weighted by atomic mass is 35.5. The Balaban J connectivity index is 2.73. The third-order valence-electron chi connectivity index (χ3n) is 1.99. The summed E-state index contributed by atoms with van der Waals surface area (Å²) in [5.41, 5.74) is 2.41. The smallest absolute Gasteiger partial charge is 0.0646 e. The van der Waals surface area contributed by atoms with Crippen molar-refractivity contribution in [1.29, 1.82) is 0 Å². The van der Waals surface area contributed by atoms with Crippen molar-refractivity contribution in [2.75, 3.05) is 5.88 Å². The number of allylic oxidation sites excluding steroid dienone is 2. The van der Waals surface area contributed by atoms with Crippen LogP contribution in [-0.2, 0) is 0 Å². The van der Waals surface area contributed by atoms with E-state index in [9.17, 15) is 0 Å². The minimum atomic E-state index is 0.550. The molecule has 1 nitrogen and oxygen atoms in total. The molecule has 2 heteroatoms. The molecule has 1 aliphatic rings. The lowest BCUT2D eigenvalue weighted by Crippen LogP contribution is -1.97. The lowest BCUT2D eigenvalue weighted by molar-refractivity contribution is 0.789. The topological polar surface area (TPSA) is 12.4 Å². The quantitative estimate of drug-likeness (QED) is 0.547. The van der Waals surface area contributed by atoms with Gasteiger partial charge in [0, 0.05) is 12.1 Å². The van der Waals surface area contributed by atoms with E-state index in [1.54, 1.807) is 0 Å². The summed E-state index contributed by atoms with van der Waals surface area (Å²) in [5.74, 6) is 1.10. The summed E-state index contributed by atoms with van der Waals surface area (Å²) in [6.45, 7) is 4.27. The van der Waals surface area contributed by atoms with Gasteiger partial charge in [-0.15, -0.1) is 11.6 Å². The summed E-state index contributed by atoms with van der Waals surface area (Å²) < 4.78 is 0. The SMILES string of the molecule is CCC1C=NC(CCl)=C1C. The predicted molar refractivity (Wildman–Crippen MR) is 45.7 cm³/mol. The minimum absolute atomic E-state index is 0.550. The van der Waals surface area contributed by atoms with Crippen LogP contribution >= 0.6 is 11.6 Å². The highest BCUT2D eigenvalue weighted by molar-refractivity contribution is 6.19. The van der Waals surface area contributed by atoms with Gasteiger partial charge in [-0.25, -0.2) is 0 Å². The number of hydrogen-bond donors (Lipinski definition) is 0. The van der Waals surface area contributed by atoms with Gasteiger partial charge in [0.1, 0.15) is 0 Å². The van der Waals surface area contributed by atoms with Gasteiger partial charge in [0.25, 0.3) is 0 Å². The molecule has 0 aromatic rings. The molecule has 56 valence electrons. The van der Waals surface area contributed by atoms with Crippen LogP contribution in [0.3, 0.4) is 0 Å². The number of hydrogen-bond acceptors (Lipinski definition) is 1. The van der Waals surface area contributed by atoms with Gasteiger partial charge in [0.05, 0.1) is 11.6 Å². The average molecular weight is 158 g/mol. The summed E-state index contributed by atoms with van der Waals surface area (Å²) >= 11 is 5.65. The minimum Gasteiger partial charge on any atom is -0.264 e. The molecule has 1 rings (SSSR count). The maximum atomic E-state index is 5.65. The molecule has 0 aromatic carbocycles. The Kier molecular flexibility index (Phi) is 2.50. The van der Waals surface area contributed by atoms with Gasteiger partial charge < -0.3 is 0 Å². The second-order valence-electron chi connectivity index (χ2n) is 2.56. The molecule has 0 radical (unpaired) electrons. The first kappa shape index (κ1) is 7.80. The van der Waals surface area contributed by atoms with Gasteiger partial charge in [-0.1, -0.05) is 6.92 Å². The van der Waals surface area contributed by atoms with Crippen molar-refractivity contribution >= 4 is 17.8 Å². The van der Waals surface area contributed by atoms with E-state index in [4.69, 9.17) is 11.6 Å². The second kappa shape index (κ2) is 3.20. The van der Waals surface area contributed by atoms with Crippen molar-refractivity contribution in [2.24, 2.45) is 10.9 Å². The molecule has 0 bridgehead atoms. The van der Waals surface area contributed by atoms with E-state index in [0.29, 0.717) is 11.8 Å². The molecule has 1 unspecified atom stereocenters. The summed E-state index contributed by atoms with van der Waals surface area (Å²) in [7, 11) is 0. The molecule has 1 aliphatic heterocycles. The average Bonchev–Trinajstić information content (AvgIpc) is 2.30. The Bertz CT molecular complexity index is 182. The molecule has 0 spiro atoms. The predicted octanol–water partition coefficient (Wildman–Crippen LogP) is 2.61. The number of nitrogens with zero attached hydrogens (tertiary/aromatic N) is 1. The fraction of sp³-hybridized carbons (Fsp3) is 0.625. The van der Waals surface area contributed by atoms with Gasteiger partial charge in [-0.05, 0) is 18.9 Å². The highest BCUT2D eigenvalue weighted by Gasteiger charge is 2.14. The van der Waals surface area contributed by atoms with E-state index >= 15 is 0 Å². The lowest BCUT2D eigenvalue weighted by Gasteiger charge is -2.03. The molecule has 0 N–H and O–H groups in total. The maximum absolute atomic E-state index is 5.65. The summed E-state index contributed by atoms with van der Waals surface area (Å²) in [5, 5.41) is 0. The molecule has 0 aromatic heterocycles. The van der Waals surface area contributed by atoms with Crippen LogP contribution < -0.4 is 0 Å². The van der Waals surface area contributed by atoms with Crippen LogP contribution in [0.15, 0.2) is 16.3 Å². The van der Waals surface area contributed by atoms with Crippen LogP contribution in [0, 0.1) is 5.92 Å². The normalized spacial score (nSPS) is 24.5. The molecule has 0 aliphatic carbocycles. The molecule has 0 saturated carbocycles. The van der Waals surface area contributed by atoms with Crippen molar-refractivity contribution in [3.05, 3.63) is 11.3 Å². The van der Waals surface area contributed by atoms with E-state index in [1.165, 1.54) is 5.57 Å². The molecule has 0 amide bonds. The van der Waals surface area contributed by atoms with Crippen LogP contribution in [0.5, 0.6) is 0 Å². The maximum Gasteiger partial charge on any atom is 0.0646 e. The van der Waals surface area contributed by atoms with Gasteiger partial charge in [-0.3, -0.25) is 4.99 Å². The van der Waals surface area contributed by atoms with Gasteiger partial charge in [0.15, 0.2) is 0 Å². The fourth-order valence-electron chi connectivity index (χ4n) is 1.16. The molecular weight excluding hydrogens is 146 g/mol. The second-order valence-corrected chi connectivity index (χ2v) is 2.82. The molecule has 1 atom stereocenters. The van der Waals surface area contributed by atoms with Crippen molar-refractivity contribution in [2.45, 2.75) is 20.3 Å². The first-order valence-corrected chi connectivity index (χ1v) is 4.12. The van der Waals surface area contributed by atoms with Crippen LogP contribution in [0.25, 0.3) is 0 Å². The Morgan fingerprint density at radius 3 is 2.70 bits per heavy atom. The molecule has 1 heterocycles. The van der Waals surface area contributed by atoms with Crippen molar-refractivity contribution < 1.29 is 0 Å². The van der Waals surface area contributed by atoms with Crippen LogP contribution in [0.1, 0.15) is 20.3 Å². The van der Waals surface area contributed by atoms with Crippen molar-refractivity contribution in [3.8, 4) is 0 Å². The van der Waals surface area contributed by atoms with Gasteiger partial charge in [0.2, 0.25) is 0 Å². The van der Waals surface area contributed by atoms with E-state index in [-0.39, 0.29) is 0 Å². The van der Waals surface area contributed by atoms with Crippen LogP contribution in [-0.4, -0.2) is 12.1 Å². The first-order chi connectivity index (χ1) is 4.79. The molecule has 0 saturated heterocycles. The monoisotopic (exact) mass is 157 g/mol. The van der Waals surface area contributed by atoms with E-state index < -0.39 is 0 Å². The van der Waals surface area contributed by atoms with Gasteiger partial charge in [-0.2, -0.15) is 0 Å². The summed E-state index contributed by atoms with van der Waals surface area (Å²) in [6.07, 6.45) is 3.13. The number of alkyl halides is 1. The Labute approximate surface area is 66.8 Å². The third-order valence-corrected chi connectivity index (χ3v) is 2.24. The fourth-order valence-corrected chi connectivity index (χ4v) is 1.44. The highest BCUT2D eigenvalue weighted by Crippen LogP contribution is 2.24. The number of rotatable bonds is 2. The Hall–Kier alpha value is -0.300. The van der Waals surface area contributed by atoms with E-state index in [0.717, 1.165) is 12.1 Å². The van der Waals surface area contributed by atoms with Crippen molar-refractivity contribution in [1.82, 2.24) is 0 Å². The molecule has 0 fully saturated rings. The van der Waals surface area contributed by atoms with Crippen LogP contribution in [0.4, 0.5) is 0 Å². The standard InChI is InChI=1S/C8H12ClN/c1-3-7-5-10-8(4-9)6(7)2/h5,7H,3-4H2,1-2H3. The first-order valence-electron chi connectivity index (χ1n) is 3.59. The lowest BCUT2D eigenvalue weighted by atomic mass is 10.0. The number of halogens is 1. The summed E-state index contributed by atoms with van der Waals surface area (Å²) in [4.78, 5) is 4.21. The van der Waals surface area contributed by atoms with Crippen molar-refractivity contribution in [3.63, 3.8) is 0 Å². The Morgan fingerprint density at radius 2 is 2.40 bits per heavy atom. The Morgan fingerprint density at radius 1 is 1.70 bits per heavy atom. The molecule has 10 heavy (non-hydrogen) atoms. The van der Waals surface area contributed by atoms with E-state index in [2.05, 4.69) is 18.8 Å². The zero-order valence-corrected chi connectivity index (χ0v) is 7.15. The zero-order chi connectivity index (χ0) is 7.56. The third kappa shape index (κ3) is 1.24. The zero-order valence-electron chi connectivity index (χ0n) is 6.39. The number of aliphatic imine (C=N–C) groups is 1. The van der Waals surface area contributed by atoms with E-state index in [1.807, 2.05) is 6.21 Å². The largest absolute Gasteiger partial charge is 0.264 e. The van der Waals surface area contributed by atoms with Gasteiger partial charge >= 0.3 is 0 Å².